The van der Waals surface area contributed by atoms with Gasteiger partial charge < -0.3 is 0 Å². The second-order valence-corrected chi connectivity index (χ2v) is 8.85. The van der Waals surface area contributed by atoms with Crippen molar-refractivity contribution in [2.24, 2.45) is 0 Å². The van der Waals surface area contributed by atoms with Crippen molar-refractivity contribution in [1.82, 2.24) is 0 Å². The molecule has 0 heterocycles. The first-order chi connectivity index (χ1) is 17.4. The second-order valence-electron chi connectivity index (χ2n) is 8.85. The van der Waals surface area contributed by atoms with E-state index in [9.17, 15) is 22.0 Å². The zero-order valence-corrected chi connectivity index (χ0v) is 19.9. The van der Waals surface area contributed by atoms with E-state index in [1.54, 1.807) is 6.07 Å². The molecule has 0 amide bonds. The highest BCUT2D eigenvalue weighted by molar-refractivity contribution is 5.85. The van der Waals surface area contributed by atoms with Crippen LogP contribution < -0.4 is 0 Å². The highest BCUT2D eigenvalue weighted by Gasteiger charge is 2.17. The van der Waals surface area contributed by atoms with Gasteiger partial charge in [-0.15, -0.1) is 0 Å². The molecule has 0 aromatic heterocycles. The van der Waals surface area contributed by atoms with Gasteiger partial charge in [-0.05, 0) is 65.3 Å². The minimum absolute atomic E-state index is 0.0826. The molecule has 0 unspecified atom stereocenters. The van der Waals surface area contributed by atoms with Crippen LogP contribution in [0.25, 0.3) is 21.9 Å². The Labute approximate surface area is 207 Å². The molecule has 0 N–H and O–H groups in total. The lowest BCUT2D eigenvalue weighted by atomic mass is 9.99. The predicted octanol–water partition coefficient (Wildman–Crippen LogP) is 9.11. The van der Waals surface area contributed by atoms with Crippen LogP contribution in [-0.4, -0.2) is 0 Å². The Morgan fingerprint density at radius 3 is 2.06 bits per heavy atom. The van der Waals surface area contributed by atoms with Crippen LogP contribution in [0, 0.1) is 40.9 Å². The van der Waals surface area contributed by atoms with Crippen molar-refractivity contribution in [3.05, 3.63) is 106 Å². The molecule has 0 fully saturated rings. The molecule has 4 aromatic rings. The quantitative estimate of drug-likeness (QED) is 0.104. The fourth-order valence-corrected chi connectivity index (χ4v) is 4.19. The Kier molecular flexibility index (Phi) is 8.05. The number of hydrogen-bond acceptors (Lipinski definition) is 0. The number of rotatable bonds is 7. The number of fused-ring (bicyclic) bond motifs is 1. The molecule has 0 aliphatic carbocycles. The van der Waals surface area contributed by atoms with Crippen molar-refractivity contribution in [2.45, 2.75) is 45.4 Å². The van der Waals surface area contributed by atoms with Gasteiger partial charge in [0.2, 0.25) is 0 Å². The first-order valence-corrected chi connectivity index (χ1v) is 12.0. The summed E-state index contributed by atoms with van der Waals surface area (Å²) in [5, 5.41) is -0.826. The van der Waals surface area contributed by atoms with Crippen LogP contribution in [0.3, 0.4) is 0 Å². The van der Waals surface area contributed by atoms with E-state index >= 15 is 0 Å². The fourth-order valence-electron chi connectivity index (χ4n) is 4.19. The maximum absolute atomic E-state index is 14.8. The van der Waals surface area contributed by atoms with E-state index < -0.39 is 34.5 Å². The lowest BCUT2D eigenvalue weighted by Crippen LogP contribution is -1.95. The molecule has 0 nitrogen and oxygen atoms in total. The summed E-state index contributed by atoms with van der Waals surface area (Å²) in [7, 11) is 0. The van der Waals surface area contributed by atoms with E-state index in [1.165, 1.54) is 49.4 Å². The Morgan fingerprint density at radius 2 is 1.33 bits per heavy atom. The third-order valence-corrected chi connectivity index (χ3v) is 6.19. The monoisotopic (exact) mass is 492 g/mol. The minimum atomic E-state index is -1.74. The van der Waals surface area contributed by atoms with E-state index in [0.717, 1.165) is 24.5 Å². The van der Waals surface area contributed by atoms with E-state index in [-0.39, 0.29) is 16.5 Å². The maximum Gasteiger partial charge on any atom is 0.195 e. The topological polar surface area (TPSA) is 0 Å². The third-order valence-electron chi connectivity index (χ3n) is 6.19. The van der Waals surface area contributed by atoms with Crippen LogP contribution in [0.2, 0.25) is 0 Å². The summed E-state index contributed by atoms with van der Waals surface area (Å²) in [6.45, 7) is 2.20. The van der Waals surface area contributed by atoms with E-state index in [2.05, 4.69) is 30.9 Å². The smallest absolute Gasteiger partial charge is 0.195 e. The van der Waals surface area contributed by atoms with Gasteiger partial charge in [0.1, 0.15) is 11.6 Å². The van der Waals surface area contributed by atoms with Gasteiger partial charge in [0, 0.05) is 5.56 Å². The summed E-state index contributed by atoms with van der Waals surface area (Å²) >= 11 is 0. The zero-order valence-electron chi connectivity index (χ0n) is 19.9. The van der Waals surface area contributed by atoms with Gasteiger partial charge in [-0.2, -0.15) is 0 Å². The van der Waals surface area contributed by atoms with E-state index in [0.29, 0.717) is 11.6 Å². The number of halogens is 5. The molecular weight excluding hydrogens is 467 g/mol. The number of benzene rings is 4. The number of hydrogen-bond donors (Lipinski definition) is 0. The standard InChI is InChI=1S/C31H25F5/c1-2-3-4-5-6-7-20-8-11-22(12-9-20)24-15-14-23(26(32)18-24)13-10-21-16-25-19-28(34)30(35)31(36)29(25)27(33)17-21/h8-9,11-12,14-19H,2-7H2,1H3. The summed E-state index contributed by atoms with van der Waals surface area (Å²) in [5.41, 5.74) is 3.02. The van der Waals surface area contributed by atoms with Crippen LogP contribution in [0.5, 0.6) is 0 Å². The summed E-state index contributed by atoms with van der Waals surface area (Å²) in [5.74, 6) is -1.12. The molecule has 4 aromatic carbocycles. The molecule has 0 radical (unpaired) electrons. The van der Waals surface area contributed by atoms with Crippen molar-refractivity contribution in [1.29, 1.82) is 0 Å². The van der Waals surface area contributed by atoms with Gasteiger partial charge in [-0.1, -0.05) is 74.8 Å². The van der Waals surface area contributed by atoms with Gasteiger partial charge in [0.25, 0.3) is 0 Å². The highest BCUT2D eigenvalue weighted by Crippen LogP contribution is 2.27. The Bertz CT molecular complexity index is 1440. The van der Waals surface area contributed by atoms with Gasteiger partial charge in [-0.3, -0.25) is 0 Å². The van der Waals surface area contributed by atoms with E-state index in [1.807, 2.05) is 12.1 Å². The molecule has 0 atom stereocenters. The first-order valence-electron chi connectivity index (χ1n) is 12.0. The van der Waals surface area contributed by atoms with Crippen LogP contribution in [0.15, 0.2) is 60.7 Å². The highest BCUT2D eigenvalue weighted by atomic mass is 19.2. The molecule has 184 valence electrons. The average Bonchev–Trinajstić information content (AvgIpc) is 2.86. The van der Waals surface area contributed by atoms with Crippen molar-refractivity contribution < 1.29 is 22.0 Å². The average molecular weight is 493 g/mol. The van der Waals surface area contributed by atoms with E-state index in [4.69, 9.17) is 0 Å². The summed E-state index contributed by atoms with van der Waals surface area (Å²) in [4.78, 5) is 0. The normalized spacial score (nSPS) is 10.9. The summed E-state index contributed by atoms with van der Waals surface area (Å²) in [6.07, 6.45) is 7.16. The largest absolute Gasteiger partial charge is 0.206 e. The third kappa shape index (κ3) is 5.76. The first kappa shape index (κ1) is 25.4. The van der Waals surface area contributed by atoms with Crippen LogP contribution in [0.4, 0.5) is 22.0 Å². The molecule has 0 aliphatic heterocycles. The predicted molar refractivity (Wildman–Crippen MR) is 134 cm³/mol. The van der Waals surface area contributed by atoms with Crippen LogP contribution in [-0.2, 0) is 6.42 Å². The molecule has 5 heteroatoms. The van der Waals surface area contributed by atoms with Crippen molar-refractivity contribution >= 4 is 10.8 Å². The molecule has 0 saturated carbocycles. The molecule has 4 rings (SSSR count). The van der Waals surface area contributed by atoms with Gasteiger partial charge >= 0.3 is 0 Å². The summed E-state index contributed by atoms with van der Waals surface area (Å²) in [6, 6.07) is 15.6. The molecule has 0 aliphatic rings. The maximum atomic E-state index is 14.8. The Morgan fingerprint density at radius 1 is 0.611 bits per heavy atom. The van der Waals surface area contributed by atoms with Crippen LogP contribution >= 0.6 is 0 Å². The minimum Gasteiger partial charge on any atom is -0.206 e. The lowest BCUT2D eigenvalue weighted by molar-refractivity contribution is 0.451. The van der Waals surface area contributed by atoms with Gasteiger partial charge in [-0.25, -0.2) is 22.0 Å². The van der Waals surface area contributed by atoms with Gasteiger partial charge in [0.15, 0.2) is 17.5 Å². The van der Waals surface area contributed by atoms with Crippen LogP contribution in [0.1, 0.15) is 55.7 Å². The van der Waals surface area contributed by atoms with Crippen molar-refractivity contribution in [3.8, 4) is 23.0 Å². The Balaban J connectivity index is 1.50. The van der Waals surface area contributed by atoms with Gasteiger partial charge in [0.05, 0.1) is 10.9 Å². The van der Waals surface area contributed by atoms with Crippen molar-refractivity contribution in [3.63, 3.8) is 0 Å². The molecule has 0 bridgehead atoms. The number of unbranched alkanes of at least 4 members (excludes halogenated alkanes) is 4. The second kappa shape index (κ2) is 11.4. The fraction of sp³-hybridized carbons (Fsp3) is 0.226. The molecule has 0 saturated heterocycles. The number of aryl methyl sites for hydroxylation is 1. The molecule has 0 spiro atoms. The lowest BCUT2D eigenvalue weighted by Gasteiger charge is -2.06. The Hall–Kier alpha value is -3.65. The zero-order chi connectivity index (χ0) is 25.7. The summed E-state index contributed by atoms with van der Waals surface area (Å²) < 4.78 is 70.0. The molecular formula is C31H25F5. The molecule has 36 heavy (non-hydrogen) atoms. The van der Waals surface area contributed by atoms with Crippen molar-refractivity contribution in [2.75, 3.05) is 0 Å². The SMILES string of the molecule is CCCCCCCc1ccc(-c2ccc(C#Cc3cc(F)c4c(F)c(F)c(F)cc4c3)c(F)c2)cc1.